The van der Waals surface area contributed by atoms with Crippen molar-refractivity contribution in [2.45, 2.75) is 70.2 Å². The Labute approximate surface area is 128 Å². The lowest BCUT2D eigenvalue weighted by Crippen LogP contribution is -2.55. The molecule has 1 N–H and O–H groups in total. The smallest absolute Gasteiger partial charge is 0.326 e. The lowest BCUT2D eigenvalue weighted by atomic mass is 9.92. The topological polar surface area (TPSA) is 50.8 Å². The summed E-state index contributed by atoms with van der Waals surface area (Å²) in [6.07, 6.45) is 4.52. The van der Waals surface area contributed by atoms with Crippen molar-refractivity contribution in [3.63, 3.8) is 0 Å². The second-order valence-electron chi connectivity index (χ2n) is 6.67. The first kappa shape index (κ1) is 16.7. The minimum Gasteiger partial charge on any atom is -0.465 e. The van der Waals surface area contributed by atoms with Crippen LogP contribution in [0, 0.1) is 0 Å². The van der Waals surface area contributed by atoms with Gasteiger partial charge in [0.1, 0.15) is 5.54 Å². The van der Waals surface area contributed by atoms with E-state index in [1.54, 1.807) is 7.11 Å². The molecular formula is C16H30N2O3. The number of methoxy groups -OCH3 is 1. The van der Waals surface area contributed by atoms with E-state index < -0.39 is 5.54 Å². The number of ether oxygens (including phenoxy) is 2. The normalized spacial score (nSPS) is 27.3. The van der Waals surface area contributed by atoms with Gasteiger partial charge in [0, 0.05) is 32.3 Å². The second kappa shape index (κ2) is 7.07. The number of esters is 1. The molecule has 122 valence electrons. The van der Waals surface area contributed by atoms with Crippen LogP contribution in [0.5, 0.6) is 0 Å². The van der Waals surface area contributed by atoms with E-state index in [4.69, 9.17) is 9.47 Å². The van der Waals surface area contributed by atoms with Crippen LogP contribution in [0.25, 0.3) is 0 Å². The molecule has 1 saturated carbocycles. The van der Waals surface area contributed by atoms with Gasteiger partial charge in [0.25, 0.3) is 0 Å². The molecule has 0 aromatic carbocycles. The standard InChI is InChI=1S/C16H30N2O3/c1-5-21-15(19)16(3,17-13-6-7-13)10-12(2)18-9-8-14(11-18)20-4/h12-14,17H,5-11H2,1-4H3. The molecule has 1 saturated heterocycles. The van der Waals surface area contributed by atoms with Crippen molar-refractivity contribution >= 4 is 5.97 Å². The molecule has 1 aliphatic carbocycles. The predicted octanol–water partition coefficient (Wildman–Crippen LogP) is 1.56. The Morgan fingerprint density at radius 3 is 2.67 bits per heavy atom. The van der Waals surface area contributed by atoms with Gasteiger partial charge in [-0.3, -0.25) is 15.0 Å². The molecule has 5 heteroatoms. The summed E-state index contributed by atoms with van der Waals surface area (Å²) in [5.74, 6) is -0.119. The molecule has 2 aliphatic rings. The Morgan fingerprint density at radius 1 is 1.43 bits per heavy atom. The first-order valence-corrected chi connectivity index (χ1v) is 8.20. The summed E-state index contributed by atoms with van der Waals surface area (Å²) >= 11 is 0. The third-order valence-electron chi connectivity index (χ3n) is 4.66. The molecule has 0 spiro atoms. The molecule has 3 unspecified atom stereocenters. The number of rotatable bonds is 8. The van der Waals surface area contributed by atoms with Crippen LogP contribution in [0.15, 0.2) is 0 Å². The van der Waals surface area contributed by atoms with Gasteiger partial charge in [0.2, 0.25) is 0 Å². The molecule has 2 rings (SSSR count). The Bertz CT molecular complexity index is 359. The maximum atomic E-state index is 12.4. The fraction of sp³-hybridized carbons (Fsp3) is 0.938. The summed E-state index contributed by atoms with van der Waals surface area (Å²) in [6.45, 7) is 8.49. The number of nitrogens with one attached hydrogen (secondary N) is 1. The fourth-order valence-corrected chi connectivity index (χ4v) is 3.24. The summed E-state index contributed by atoms with van der Waals surface area (Å²) in [4.78, 5) is 14.8. The minimum atomic E-state index is -0.582. The van der Waals surface area contributed by atoms with Gasteiger partial charge in [-0.1, -0.05) is 0 Å². The van der Waals surface area contributed by atoms with E-state index in [1.807, 2.05) is 13.8 Å². The highest BCUT2D eigenvalue weighted by Gasteiger charge is 2.42. The zero-order valence-corrected chi connectivity index (χ0v) is 13.9. The number of likely N-dealkylation sites (tertiary alicyclic amines) is 1. The maximum absolute atomic E-state index is 12.4. The fourth-order valence-electron chi connectivity index (χ4n) is 3.24. The number of carbonyl (C=O) groups excluding carboxylic acids is 1. The van der Waals surface area contributed by atoms with Gasteiger partial charge in [0.15, 0.2) is 0 Å². The summed E-state index contributed by atoms with van der Waals surface area (Å²) < 4.78 is 10.7. The van der Waals surface area contributed by atoms with E-state index in [2.05, 4.69) is 17.1 Å². The van der Waals surface area contributed by atoms with Gasteiger partial charge in [-0.2, -0.15) is 0 Å². The first-order valence-electron chi connectivity index (χ1n) is 8.20. The maximum Gasteiger partial charge on any atom is 0.326 e. The SMILES string of the molecule is CCOC(=O)C(C)(CC(C)N1CCC(OC)C1)NC1CC1. The molecule has 5 nitrogen and oxygen atoms in total. The predicted molar refractivity (Wildman–Crippen MR) is 82.3 cm³/mol. The minimum absolute atomic E-state index is 0.119. The average molecular weight is 298 g/mol. The van der Waals surface area contributed by atoms with Crippen LogP contribution in [0.2, 0.25) is 0 Å². The lowest BCUT2D eigenvalue weighted by molar-refractivity contribution is -0.151. The molecule has 0 radical (unpaired) electrons. The highest BCUT2D eigenvalue weighted by Crippen LogP contribution is 2.28. The van der Waals surface area contributed by atoms with Crippen molar-refractivity contribution in [2.75, 3.05) is 26.8 Å². The lowest BCUT2D eigenvalue weighted by Gasteiger charge is -2.34. The van der Waals surface area contributed by atoms with E-state index in [9.17, 15) is 4.79 Å². The van der Waals surface area contributed by atoms with Crippen molar-refractivity contribution in [1.82, 2.24) is 10.2 Å². The quantitative estimate of drug-likeness (QED) is 0.689. The zero-order chi connectivity index (χ0) is 15.5. The Kier molecular flexibility index (Phi) is 5.63. The first-order chi connectivity index (χ1) is 9.98. The third-order valence-corrected chi connectivity index (χ3v) is 4.66. The van der Waals surface area contributed by atoms with Crippen LogP contribution >= 0.6 is 0 Å². The van der Waals surface area contributed by atoms with Gasteiger partial charge < -0.3 is 9.47 Å². The van der Waals surface area contributed by atoms with Crippen LogP contribution in [-0.4, -0.2) is 61.4 Å². The van der Waals surface area contributed by atoms with Crippen molar-refractivity contribution in [3.8, 4) is 0 Å². The van der Waals surface area contributed by atoms with Crippen molar-refractivity contribution in [1.29, 1.82) is 0 Å². The van der Waals surface area contributed by atoms with Gasteiger partial charge >= 0.3 is 5.97 Å². The Balaban J connectivity index is 1.95. The molecule has 3 atom stereocenters. The van der Waals surface area contributed by atoms with Gasteiger partial charge in [0.05, 0.1) is 12.7 Å². The van der Waals surface area contributed by atoms with Crippen LogP contribution < -0.4 is 5.32 Å². The molecule has 0 aromatic rings. The molecule has 21 heavy (non-hydrogen) atoms. The summed E-state index contributed by atoms with van der Waals surface area (Å²) in [5, 5.41) is 3.50. The third kappa shape index (κ3) is 4.41. The van der Waals surface area contributed by atoms with Crippen LogP contribution in [0.1, 0.15) is 46.5 Å². The highest BCUT2D eigenvalue weighted by molar-refractivity contribution is 5.80. The van der Waals surface area contributed by atoms with Crippen LogP contribution in [0.4, 0.5) is 0 Å². The monoisotopic (exact) mass is 298 g/mol. The number of hydrogen-bond acceptors (Lipinski definition) is 5. The number of carbonyl (C=O) groups is 1. The molecule has 2 fully saturated rings. The molecular weight excluding hydrogens is 268 g/mol. The number of hydrogen-bond donors (Lipinski definition) is 1. The molecule has 0 bridgehead atoms. The van der Waals surface area contributed by atoms with Crippen molar-refractivity contribution < 1.29 is 14.3 Å². The van der Waals surface area contributed by atoms with Gasteiger partial charge in [-0.25, -0.2) is 0 Å². The van der Waals surface area contributed by atoms with E-state index in [0.29, 0.717) is 24.8 Å². The molecule has 0 amide bonds. The van der Waals surface area contributed by atoms with Crippen molar-refractivity contribution in [3.05, 3.63) is 0 Å². The molecule has 0 aromatic heterocycles. The molecule has 1 heterocycles. The summed E-state index contributed by atoms with van der Waals surface area (Å²) in [7, 11) is 1.77. The van der Waals surface area contributed by atoms with E-state index >= 15 is 0 Å². The summed E-state index contributed by atoms with van der Waals surface area (Å²) in [5.41, 5.74) is -0.582. The van der Waals surface area contributed by atoms with E-state index in [-0.39, 0.29) is 5.97 Å². The van der Waals surface area contributed by atoms with Gasteiger partial charge in [-0.15, -0.1) is 0 Å². The van der Waals surface area contributed by atoms with Crippen LogP contribution in [-0.2, 0) is 14.3 Å². The van der Waals surface area contributed by atoms with Gasteiger partial charge in [-0.05, 0) is 46.5 Å². The highest BCUT2D eigenvalue weighted by atomic mass is 16.5. The summed E-state index contributed by atoms with van der Waals surface area (Å²) in [6, 6.07) is 0.822. The van der Waals surface area contributed by atoms with Crippen LogP contribution in [0.3, 0.4) is 0 Å². The van der Waals surface area contributed by atoms with E-state index in [0.717, 1.165) is 25.9 Å². The number of nitrogens with zero attached hydrogens (tertiary/aromatic N) is 1. The van der Waals surface area contributed by atoms with Crippen molar-refractivity contribution in [2.24, 2.45) is 0 Å². The Hall–Kier alpha value is -0.650. The van der Waals surface area contributed by atoms with E-state index in [1.165, 1.54) is 12.8 Å². The Morgan fingerprint density at radius 2 is 2.14 bits per heavy atom. The average Bonchev–Trinajstić information content (AvgIpc) is 3.11. The zero-order valence-electron chi connectivity index (χ0n) is 13.9. The second-order valence-corrected chi connectivity index (χ2v) is 6.67. The largest absolute Gasteiger partial charge is 0.465 e. The molecule has 1 aliphatic heterocycles.